The summed E-state index contributed by atoms with van der Waals surface area (Å²) in [6.45, 7) is 9.99. The molecule has 1 aromatic carbocycles. The molecular formula is C13H18NO2. The number of ether oxygens (including phenoxy) is 1. The number of carbonyl (C=O) groups excluding carboxylic acids is 1. The molecule has 0 fully saturated rings. The number of anilines is 1. The fourth-order valence-corrected chi connectivity index (χ4v) is 1.53. The first-order valence-electron chi connectivity index (χ1n) is 5.45. The lowest BCUT2D eigenvalue weighted by Crippen LogP contribution is -2.37. The molecule has 0 spiro atoms. The van der Waals surface area contributed by atoms with Crippen molar-refractivity contribution in [3.8, 4) is 0 Å². The van der Waals surface area contributed by atoms with E-state index in [1.54, 1.807) is 11.8 Å². The van der Waals surface area contributed by atoms with Crippen molar-refractivity contribution < 1.29 is 9.53 Å². The van der Waals surface area contributed by atoms with E-state index in [-0.39, 0.29) is 12.1 Å². The molecule has 87 valence electrons. The number of hydrogen-bond donors (Lipinski definition) is 0. The number of para-hydroxylation sites is 1. The van der Waals surface area contributed by atoms with E-state index in [1.165, 1.54) is 0 Å². The van der Waals surface area contributed by atoms with Crippen LogP contribution >= 0.6 is 0 Å². The molecule has 1 rings (SSSR count). The lowest BCUT2D eigenvalue weighted by molar-refractivity contribution is 0.158. The summed E-state index contributed by atoms with van der Waals surface area (Å²) < 4.78 is 5.03. The lowest BCUT2D eigenvalue weighted by Gasteiger charge is -2.27. The highest BCUT2D eigenvalue weighted by atomic mass is 16.6. The third kappa shape index (κ3) is 2.75. The molecule has 0 saturated heterocycles. The monoisotopic (exact) mass is 220 g/mol. The van der Waals surface area contributed by atoms with Gasteiger partial charge in [0.25, 0.3) is 0 Å². The Balaban J connectivity index is 3.03. The second-order valence-corrected chi connectivity index (χ2v) is 3.79. The molecule has 0 bridgehead atoms. The van der Waals surface area contributed by atoms with Crippen LogP contribution in [0.1, 0.15) is 26.3 Å². The maximum atomic E-state index is 11.8. The molecule has 0 aromatic heterocycles. The highest BCUT2D eigenvalue weighted by Crippen LogP contribution is 2.22. The number of rotatable bonds is 3. The molecule has 0 aliphatic rings. The van der Waals surface area contributed by atoms with E-state index in [1.807, 2.05) is 38.1 Å². The molecule has 1 radical (unpaired) electrons. The Hall–Kier alpha value is -1.51. The molecule has 0 heterocycles. The number of carbonyl (C=O) groups is 1. The minimum absolute atomic E-state index is 0.0435. The van der Waals surface area contributed by atoms with Gasteiger partial charge in [-0.2, -0.15) is 0 Å². The normalized spacial score (nSPS) is 10.3. The molecule has 1 amide bonds. The van der Waals surface area contributed by atoms with Gasteiger partial charge in [-0.15, -0.1) is 0 Å². The molecule has 0 aliphatic heterocycles. The van der Waals surface area contributed by atoms with E-state index in [9.17, 15) is 4.79 Å². The van der Waals surface area contributed by atoms with Crippen LogP contribution in [0.2, 0.25) is 0 Å². The van der Waals surface area contributed by atoms with Crippen molar-refractivity contribution in [2.45, 2.75) is 26.8 Å². The number of nitrogens with zero attached hydrogens (tertiary/aromatic N) is 1. The van der Waals surface area contributed by atoms with Crippen LogP contribution in [0.5, 0.6) is 0 Å². The quantitative estimate of drug-likeness (QED) is 0.782. The van der Waals surface area contributed by atoms with E-state index in [4.69, 9.17) is 4.74 Å². The fourth-order valence-electron chi connectivity index (χ4n) is 1.53. The zero-order valence-corrected chi connectivity index (χ0v) is 10.1. The molecular weight excluding hydrogens is 202 g/mol. The van der Waals surface area contributed by atoms with Crippen LogP contribution in [-0.4, -0.2) is 18.7 Å². The smallest absolute Gasteiger partial charge is 0.414 e. The average Bonchev–Trinajstić information content (AvgIpc) is 2.21. The van der Waals surface area contributed by atoms with Crippen molar-refractivity contribution in [3.05, 3.63) is 36.8 Å². The van der Waals surface area contributed by atoms with Gasteiger partial charge in [0.15, 0.2) is 0 Å². The van der Waals surface area contributed by atoms with Crippen molar-refractivity contribution in [1.82, 2.24) is 0 Å². The minimum Gasteiger partial charge on any atom is -0.449 e. The summed E-state index contributed by atoms with van der Waals surface area (Å²) in [5.41, 5.74) is 1.63. The van der Waals surface area contributed by atoms with Crippen LogP contribution in [-0.2, 0) is 4.74 Å². The predicted molar refractivity (Wildman–Crippen MR) is 65.5 cm³/mol. The highest BCUT2D eigenvalue weighted by molar-refractivity contribution is 5.89. The largest absolute Gasteiger partial charge is 0.449 e. The molecule has 0 atom stereocenters. The molecule has 0 saturated carbocycles. The molecule has 3 heteroatoms. The van der Waals surface area contributed by atoms with E-state index >= 15 is 0 Å². The average molecular weight is 220 g/mol. The third-order valence-corrected chi connectivity index (χ3v) is 2.23. The Morgan fingerprint density at radius 2 is 2.06 bits per heavy atom. The maximum Gasteiger partial charge on any atom is 0.414 e. The van der Waals surface area contributed by atoms with Crippen LogP contribution in [0.15, 0.2) is 24.3 Å². The standard InChI is InChI=1S/C13H18NO2/c1-5-16-13(15)14(10(2)3)12-9-7-6-8-11(12)4/h6-10H,4-5H2,1-3H3. The zero-order chi connectivity index (χ0) is 12.1. The van der Waals surface area contributed by atoms with E-state index in [2.05, 4.69) is 6.92 Å². The summed E-state index contributed by atoms with van der Waals surface area (Å²) in [6, 6.07) is 7.58. The van der Waals surface area contributed by atoms with Crippen molar-refractivity contribution in [3.63, 3.8) is 0 Å². The second kappa shape index (κ2) is 5.54. The Morgan fingerprint density at radius 3 is 2.56 bits per heavy atom. The van der Waals surface area contributed by atoms with Gasteiger partial charge in [-0.25, -0.2) is 4.79 Å². The first kappa shape index (κ1) is 12.6. The second-order valence-electron chi connectivity index (χ2n) is 3.79. The summed E-state index contributed by atoms with van der Waals surface area (Å²) in [5, 5.41) is 0. The van der Waals surface area contributed by atoms with Gasteiger partial charge in [-0.1, -0.05) is 18.2 Å². The number of amides is 1. The van der Waals surface area contributed by atoms with Gasteiger partial charge in [-0.3, -0.25) is 4.90 Å². The summed E-state index contributed by atoms with van der Waals surface area (Å²) >= 11 is 0. The highest BCUT2D eigenvalue weighted by Gasteiger charge is 2.21. The van der Waals surface area contributed by atoms with E-state index < -0.39 is 0 Å². The first-order valence-corrected chi connectivity index (χ1v) is 5.45. The van der Waals surface area contributed by atoms with E-state index in [0.29, 0.717) is 6.61 Å². The molecule has 0 aliphatic carbocycles. The van der Waals surface area contributed by atoms with Gasteiger partial charge in [-0.05, 0) is 39.3 Å². The fraction of sp³-hybridized carbons (Fsp3) is 0.385. The maximum absolute atomic E-state index is 11.8. The van der Waals surface area contributed by atoms with Gasteiger partial charge < -0.3 is 4.74 Å². The summed E-state index contributed by atoms with van der Waals surface area (Å²) in [6.07, 6.45) is -0.325. The van der Waals surface area contributed by atoms with Crippen molar-refractivity contribution >= 4 is 11.8 Å². The molecule has 1 aromatic rings. The number of benzene rings is 1. The summed E-state index contributed by atoms with van der Waals surface area (Å²) in [4.78, 5) is 13.4. The molecule has 0 unspecified atom stereocenters. The number of hydrogen-bond acceptors (Lipinski definition) is 2. The van der Waals surface area contributed by atoms with Gasteiger partial charge in [0, 0.05) is 6.04 Å². The molecule has 0 N–H and O–H groups in total. The Morgan fingerprint density at radius 1 is 1.44 bits per heavy atom. The van der Waals surface area contributed by atoms with Crippen LogP contribution in [0, 0.1) is 6.92 Å². The van der Waals surface area contributed by atoms with Crippen LogP contribution < -0.4 is 4.90 Å². The third-order valence-electron chi connectivity index (χ3n) is 2.23. The van der Waals surface area contributed by atoms with Crippen LogP contribution in [0.4, 0.5) is 10.5 Å². The van der Waals surface area contributed by atoms with Gasteiger partial charge >= 0.3 is 6.09 Å². The SMILES string of the molecule is [CH2]c1ccccc1N(C(=O)OCC)C(C)C. The Bertz CT molecular complexity index is 361. The summed E-state index contributed by atoms with van der Waals surface area (Å²) in [7, 11) is 0. The first-order chi connectivity index (χ1) is 7.57. The topological polar surface area (TPSA) is 29.5 Å². The van der Waals surface area contributed by atoms with Crippen molar-refractivity contribution in [2.24, 2.45) is 0 Å². The van der Waals surface area contributed by atoms with Gasteiger partial charge in [0.1, 0.15) is 0 Å². The van der Waals surface area contributed by atoms with Crippen LogP contribution in [0.25, 0.3) is 0 Å². The Kier molecular flexibility index (Phi) is 4.35. The van der Waals surface area contributed by atoms with Gasteiger partial charge in [0.2, 0.25) is 0 Å². The summed E-state index contributed by atoms with van der Waals surface area (Å²) in [5.74, 6) is 0. The van der Waals surface area contributed by atoms with Crippen molar-refractivity contribution in [1.29, 1.82) is 0 Å². The molecule has 16 heavy (non-hydrogen) atoms. The zero-order valence-electron chi connectivity index (χ0n) is 10.1. The van der Waals surface area contributed by atoms with Crippen molar-refractivity contribution in [2.75, 3.05) is 11.5 Å². The lowest BCUT2D eigenvalue weighted by atomic mass is 10.1. The van der Waals surface area contributed by atoms with Crippen LogP contribution in [0.3, 0.4) is 0 Å². The van der Waals surface area contributed by atoms with Gasteiger partial charge in [0.05, 0.1) is 12.3 Å². The Labute approximate surface area is 97.0 Å². The molecule has 3 nitrogen and oxygen atoms in total. The van der Waals surface area contributed by atoms with E-state index in [0.717, 1.165) is 11.3 Å². The minimum atomic E-state index is -0.325. The predicted octanol–water partition coefficient (Wildman–Crippen LogP) is 3.24.